The summed E-state index contributed by atoms with van der Waals surface area (Å²) >= 11 is 1.21. The Kier molecular flexibility index (Phi) is 4.53. The van der Waals surface area contributed by atoms with E-state index in [1.54, 1.807) is 0 Å². The van der Waals surface area contributed by atoms with Crippen LogP contribution in [-0.2, 0) is 11.3 Å². The minimum absolute atomic E-state index is 0.0185. The lowest BCUT2D eigenvalue weighted by Crippen LogP contribution is -2.40. The average molecular weight is 243 g/mol. The molecule has 1 aliphatic heterocycles. The van der Waals surface area contributed by atoms with Gasteiger partial charge in [0.1, 0.15) is 0 Å². The molecule has 0 atom stereocenters. The van der Waals surface area contributed by atoms with Gasteiger partial charge in [0.25, 0.3) is 0 Å². The molecule has 5 nitrogen and oxygen atoms in total. The van der Waals surface area contributed by atoms with E-state index >= 15 is 0 Å². The number of hydrogen-bond acceptors (Lipinski definition) is 5. The lowest BCUT2D eigenvalue weighted by molar-refractivity contribution is 0.0384. The highest BCUT2D eigenvalue weighted by Crippen LogP contribution is 1.96. The fourth-order valence-electron chi connectivity index (χ4n) is 1.69. The van der Waals surface area contributed by atoms with Gasteiger partial charge < -0.3 is 15.0 Å². The first-order chi connectivity index (χ1) is 7.84. The summed E-state index contributed by atoms with van der Waals surface area (Å²) in [6.45, 7) is 6.46. The van der Waals surface area contributed by atoms with Gasteiger partial charge in [-0.3, -0.25) is 9.69 Å². The van der Waals surface area contributed by atoms with Gasteiger partial charge in [0, 0.05) is 43.8 Å². The third-order valence-electron chi connectivity index (χ3n) is 2.59. The van der Waals surface area contributed by atoms with Crippen molar-refractivity contribution in [3.05, 3.63) is 20.7 Å². The Hall–Kier alpha value is -0.690. The Morgan fingerprint density at radius 3 is 3.00 bits per heavy atom. The molecule has 0 saturated carbocycles. The summed E-state index contributed by atoms with van der Waals surface area (Å²) in [4.78, 5) is 16.1. The molecule has 2 N–H and O–H groups in total. The number of aromatic nitrogens is 1. The zero-order chi connectivity index (χ0) is 11.2. The quantitative estimate of drug-likeness (QED) is 0.707. The molecule has 0 aromatic carbocycles. The average Bonchev–Trinajstić information content (AvgIpc) is 2.72. The predicted octanol–water partition coefficient (Wildman–Crippen LogP) is -0.142. The van der Waals surface area contributed by atoms with Crippen LogP contribution in [-0.4, -0.2) is 49.3 Å². The maximum absolute atomic E-state index is 10.9. The fourth-order valence-corrected chi connectivity index (χ4v) is 2.27. The highest BCUT2D eigenvalue weighted by Gasteiger charge is 2.08. The maximum atomic E-state index is 10.9. The number of morpholine rings is 1. The predicted molar refractivity (Wildman–Crippen MR) is 63.9 cm³/mol. The largest absolute Gasteiger partial charge is 0.379 e. The van der Waals surface area contributed by atoms with E-state index in [2.05, 4.69) is 15.2 Å². The van der Waals surface area contributed by atoms with Crippen LogP contribution < -0.4 is 10.2 Å². The molecule has 1 aromatic rings. The van der Waals surface area contributed by atoms with Gasteiger partial charge in [-0.05, 0) is 0 Å². The number of rotatable bonds is 5. The normalized spacial score (nSPS) is 17.8. The summed E-state index contributed by atoms with van der Waals surface area (Å²) in [5.41, 5.74) is 0.969. The van der Waals surface area contributed by atoms with E-state index in [4.69, 9.17) is 4.74 Å². The molecule has 6 heteroatoms. The van der Waals surface area contributed by atoms with E-state index in [1.165, 1.54) is 11.3 Å². The fraction of sp³-hybridized carbons (Fsp3) is 0.700. The van der Waals surface area contributed by atoms with Crippen molar-refractivity contribution in [1.82, 2.24) is 15.2 Å². The van der Waals surface area contributed by atoms with Crippen molar-refractivity contribution in [1.29, 1.82) is 0 Å². The summed E-state index contributed by atoms with van der Waals surface area (Å²) in [5, 5.41) is 5.18. The molecule has 0 aliphatic carbocycles. The second kappa shape index (κ2) is 6.15. The zero-order valence-corrected chi connectivity index (χ0v) is 10.0. The molecule has 1 saturated heterocycles. The van der Waals surface area contributed by atoms with Crippen molar-refractivity contribution in [3.63, 3.8) is 0 Å². The van der Waals surface area contributed by atoms with Crippen molar-refractivity contribution in [3.8, 4) is 0 Å². The van der Waals surface area contributed by atoms with Crippen LogP contribution in [0.3, 0.4) is 0 Å². The summed E-state index contributed by atoms with van der Waals surface area (Å²) in [6, 6.07) is 0. The first kappa shape index (κ1) is 11.8. The first-order valence-electron chi connectivity index (χ1n) is 5.52. The van der Waals surface area contributed by atoms with Crippen LogP contribution in [0, 0.1) is 0 Å². The molecule has 0 bridgehead atoms. The van der Waals surface area contributed by atoms with Crippen LogP contribution in [0.4, 0.5) is 0 Å². The summed E-state index contributed by atoms with van der Waals surface area (Å²) in [5.74, 6) is 0. The van der Waals surface area contributed by atoms with Crippen molar-refractivity contribution < 1.29 is 4.74 Å². The van der Waals surface area contributed by atoms with Crippen LogP contribution in [0.25, 0.3) is 0 Å². The van der Waals surface area contributed by atoms with E-state index in [1.807, 2.05) is 5.38 Å². The number of hydrogen-bond donors (Lipinski definition) is 2. The first-order valence-corrected chi connectivity index (χ1v) is 6.40. The van der Waals surface area contributed by atoms with Crippen LogP contribution in [0.1, 0.15) is 5.69 Å². The smallest absolute Gasteiger partial charge is 0.304 e. The van der Waals surface area contributed by atoms with Gasteiger partial charge >= 0.3 is 4.87 Å². The molecule has 16 heavy (non-hydrogen) atoms. The molecule has 0 radical (unpaired) electrons. The molecule has 2 heterocycles. The molecule has 1 fully saturated rings. The summed E-state index contributed by atoms with van der Waals surface area (Å²) < 4.78 is 5.28. The van der Waals surface area contributed by atoms with E-state index < -0.39 is 0 Å². The Balaban J connectivity index is 1.59. The highest BCUT2D eigenvalue weighted by atomic mass is 32.1. The van der Waals surface area contributed by atoms with Gasteiger partial charge in [-0.15, -0.1) is 0 Å². The van der Waals surface area contributed by atoms with Gasteiger partial charge in [-0.2, -0.15) is 0 Å². The van der Waals surface area contributed by atoms with E-state index in [0.29, 0.717) is 0 Å². The number of nitrogens with zero attached hydrogens (tertiary/aromatic N) is 1. The van der Waals surface area contributed by atoms with E-state index in [0.717, 1.165) is 51.6 Å². The third kappa shape index (κ3) is 3.71. The molecular weight excluding hydrogens is 226 g/mol. The topological polar surface area (TPSA) is 57.4 Å². The standard InChI is InChI=1S/C10H17N3O2S/c14-10-12-9(8-16-10)7-11-1-2-13-3-5-15-6-4-13/h8,11H,1-7H2,(H,12,14). The van der Waals surface area contributed by atoms with Gasteiger partial charge in [-0.1, -0.05) is 11.3 Å². The zero-order valence-electron chi connectivity index (χ0n) is 9.20. The van der Waals surface area contributed by atoms with Crippen molar-refractivity contribution >= 4 is 11.3 Å². The monoisotopic (exact) mass is 243 g/mol. The number of aromatic amines is 1. The Morgan fingerprint density at radius 1 is 1.50 bits per heavy atom. The molecule has 0 spiro atoms. The minimum atomic E-state index is 0.0185. The lowest BCUT2D eigenvalue weighted by atomic mass is 10.4. The second-order valence-corrected chi connectivity index (χ2v) is 4.65. The van der Waals surface area contributed by atoms with E-state index in [-0.39, 0.29) is 4.87 Å². The second-order valence-electron chi connectivity index (χ2n) is 3.80. The highest BCUT2D eigenvalue weighted by molar-refractivity contribution is 7.07. The van der Waals surface area contributed by atoms with Crippen LogP contribution >= 0.6 is 11.3 Å². The van der Waals surface area contributed by atoms with Gasteiger partial charge in [-0.25, -0.2) is 0 Å². The number of nitrogens with one attached hydrogen (secondary N) is 2. The number of ether oxygens (including phenoxy) is 1. The summed E-state index contributed by atoms with van der Waals surface area (Å²) in [7, 11) is 0. The van der Waals surface area contributed by atoms with Crippen LogP contribution in [0.15, 0.2) is 10.2 Å². The third-order valence-corrected chi connectivity index (χ3v) is 3.31. The van der Waals surface area contributed by atoms with Crippen molar-refractivity contribution in [2.24, 2.45) is 0 Å². The van der Waals surface area contributed by atoms with E-state index in [9.17, 15) is 4.79 Å². The van der Waals surface area contributed by atoms with Gasteiger partial charge in [0.15, 0.2) is 0 Å². The van der Waals surface area contributed by atoms with Gasteiger partial charge in [0.2, 0.25) is 0 Å². The Morgan fingerprint density at radius 2 is 2.31 bits per heavy atom. The molecular formula is C10H17N3O2S. The SMILES string of the molecule is O=c1[nH]c(CNCCN2CCOCC2)cs1. The lowest BCUT2D eigenvalue weighted by Gasteiger charge is -2.26. The number of thiazole rings is 1. The molecule has 2 rings (SSSR count). The molecule has 1 aromatic heterocycles. The number of H-pyrrole nitrogens is 1. The summed E-state index contributed by atoms with van der Waals surface area (Å²) in [6.07, 6.45) is 0. The van der Waals surface area contributed by atoms with Crippen LogP contribution in [0.5, 0.6) is 0 Å². The molecule has 0 unspecified atom stereocenters. The Labute approximate surface area is 98.4 Å². The van der Waals surface area contributed by atoms with Crippen molar-refractivity contribution in [2.45, 2.75) is 6.54 Å². The molecule has 90 valence electrons. The van der Waals surface area contributed by atoms with Crippen molar-refractivity contribution in [2.75, 3.05) is 39.4 Å². The van der Waals surface area contributed by atoms with Gasteiger partial charge in [0.05, 0.1) is 13.2 Å². The Bertz CT molecular complexity index is 357. The van der Waals surface area contributed by atoms with Crippen LogP contribution in [0.2, 0.25) is 0 Å². The molecule has 1 aliphatic rings. The minimum Gasteiger partial charge on any atom is -0.379 e. The maximum Gasteiger partial charge on any atom is 0.304 e. The molecule has 0 amide bonds.